The molecule has 22 heavy (non-hydrogen) atoms. The third-order valence-corrected chi connectivity index (χ3v) is 2.98. The first kappa shape index (κ1) is 15.4. The van der Waals surface area contributed by atoms with Crippen LogP contribution < -0.4 is 14.8 Å². The van der Waals surface area contributed by atoms with E-state index in [1.807, 2.05) is 6.07 Å². The van der Waals surface area contributed by atoms with Crippen LogP contribution in [0, 0.1) is 11.3 Å². The fourth-order valence-electron chi connectivity index (χ4n) is 1.84. The molecule has 1 atom stereocenters. The highest BCUT2D eigenvalue weighted by Gasteiger charge is 2.15. The number of ether oxygens (including phenoxy) is 2. The lowest BCUT2D eigenvalue weighted by Crippen LogP contribution is -2.30. The average Bonchev–Trinajstić information content (AvgIpc) is 2.55. The first-order chi connectivity index (χ1) is 10.6. The number of nitrogens with zero attached hydrogens (tertiary/aromatic N) is 1. The quantitative estimate of drug-likeness (QED) is 0.920. The van der Waals surface area contributed by atoms with Crippen molar-refractivity contribution in [3.63, 3.8) is 0 Å². The van der Waals surface area contributed by atoms with Gasteiger partial charge in [0.05, 0.1) is 18.7 Å². The van der Waals surface area contributed by atoms with E-state index in [0.717, 1.165) is 0 Å². The van der Waals surface area contributed by atoms with Gasteiger partial charge in [-0.1, -0.05) is 12.1 Å². The summed E-state index contributed by atoms with van der Waals surface area (Å²) in [6, 6.07) is 15.8. The summed E-state index contributed by atoms with van der Waals surface area (Å²) < 4.78 is 10.7. The van der Waals surface area contributed by atoms with E-state index in [2.05, 4.69) is 5.32 Å². The number of methoxy groups -OCH3 is 1. The standard InChI is InChI=1S/C17H16N2O3/c1-12(22-16-8-3-5-13(9-16)11-18)17(20)19-14-6-4-7-15(10-14)21-2/h3-10,12H,1-2H3,(H,19,20)/t12-/m0/s1. The first-order valence-corrected chi connectivity index (χ1v) is 6.74. The Morgan fingerprint density at radius 3 is 2.64 bits per heavy atom. The number of benzene rings is 2. The maximum Gasteiger partial charge on any atom is 0.265 e. The van der Waals surface area contributed by atoms with E-state index in [0.29, 0.717) is 22.7 Å². The van der Waals surface area contributed by atoms with Crippen molar-refractivity contribution in [2.45, 2.75) is 13.0 Å². The Hall–Kier alpha value is -3.00. The molecule has 112 valence electrons. The van der Waals surface area contributed by atoms with Gasteiger partial charge in [-0.25, -0.2) is 0 Å². The number of hydrogen-bond donors (Lipinski definition) is 1. The number of rotatable bonds is 5. The maximum absolute atomic E-state index is 12.1. The SMILES string of the molecule is COc1cccc(NC(=O)[C@H](C)Oc2cccc(C#N)c2)c1. The van der Waals surface area contributed by atoms with Crippen LogP contribution in [0.5, 0.6) is 11.5 Å². The van der Waals surface area contributed by atoms with Gasteiger partial charge in [-0.2, -0.15) is 5.26 Å². The third kappa shape index (κ3) is 4.00. The molecular weight excluding hydrogens is 280 g/mol. The first-order valence-electron chi connectivity index (χ1n) is 6.74. The highest BCUT2D eigenvalue weighted by molar-refractivity contribution is 5.94. The smallest absolute Gasteiger partial charge is 0.265 e. The van der Waals surface area contributed by atoms with Crippen LogP contribution in [0.15, 0.2) is 48.5 Å². The predicted octanol–water partition coefficient (Wildman–Crippen LogP) is 2.97. The van der Waals surface area contributed by atoms with Crippen LogP contribution in [0.4, 0.5) is 5.69 Å². The molecule has 0 saturated carbocycles. The molecule has 0 fully saturated rings. The van der Waals surface area contributed by atoms with Gasteiger partial charge in [-0.05, 0) is 37.3 Å². The van der Waals surface area contributed by atoms with Gasteiger partial charge in [0.15, 0.2) is 6.10 Å². The van der Waals surface area contributed by atoms with Crippen molar-refractivity contribution in [3.8, 4) is 17.6 Å². The normalized spacial score (nSPS) is 11.1. The molecule has 0 heterocycles. The highest BCUT2D eigenvalue weighted by atomic mass is 16.5. The van der Waals surface area contributed by atoms with Gasteiger partial charge < -0.3 is 14.8 Å². The Labute approximate surface area is 129 Å². The predicted molar refractivity (Wildman–Crippen MR) is 82.9 cm³/mol. The Morgan fingerprint density at radius 1 is 1.18 bits per heavy atom. The van der Waals surface area contributed by atoms with Gasteiger partial charge in [-0.3, -0.25) is 4.79 Å². The van der Waals surface area contributed by atoms with Crippen LogP contribution in [0.1, 0.15) is 12.5 Å². The summed E-state index contributed by atoms with van der Waals surface area (Å²) in [4.78, 5) is 12.1. The van der Waals surface area contributed by atoms with E-state index < -0.39 is 6.10 Å². The largest absolute Gasteiger partial charge is 0.497 e. The van der Waals surface area contributed by atoms with Crippen molar-refractivity contribution in [1.29, 1.82) is 5.26 Å². The fraction of sp³-hybridized carbons (Fsp3) is 0.176. The van der Waals surface area contributed by atoms with Crippen molar-refractivity contribution >= 4 is 11.6 Å². The molecule has 5 heteroatoms. The van der Waals surface area contributed by atoms with Crippen LogP contribution in [0.2, 0.25) is 0 Å². The molecule has 1 N–H and O–H groups in total. The second kappa shape index (κ2) is 7.14. The molecule has 0 radical (unpaired) electrons. The van der Waals surface area contributed by atoms with E-state index in [1.165, 1.54) is 0 Å². The molecule has 0 bridgehead atoms. The van der Waals surface area contributed by atoms with Crippen LogP contribution in [0.3, 0.4) is 0 Å². The summed E-state index contributed by atoms with van der Waals surface area (Å²) in [5, 5.41) is 11.6. The zero-order chi connectivity index (χ0) is 15.9. The van der Waals surface area contributed by atoms with Gasteiger partial charge in [-0.15, -0.1) is 0 Å². The number of carbonyl (C=O) groups excluding carboxylic acids is 1. The van der Waals surface area contributed by atoms with Gasteiger partial charge in [0.1, 0.15) is 11.5 Å². The lowest BCUT2D eigenvalue weighted by Gasteiger charge is -2.15. The molecule has 2 rings (SSSR count). The molecule has 0 spiro atoms. The molecule has 0 saturated heterocycles. The Balaban J connectivity index is 2.01. The van der Waals surface area contributed by atoms with Gasteiger partial charge in [0, 0.05) is 11.8 Å². The van der Waals surface area contributed by atoms with Gasteiger partial charge in [0.25, 0.3) is 5.91 Å². The van der Waals surface area contributed by atoms with Crippen LogP contribution in [0.25, 0.3) is 0 Å². The fourth-order valence-corrected chi connectivity index (χ4v) is 1.84. The molecule has 1 amide bonds. The number of carbonyl (C=O) groups is 1. The Kier molecular flexibility index (Phi) is 4.99. The molecule has 0 aliphatic rings. The summed E-state index contributed by atoms with van der Waals surface area (Å²) in [6.45, 7) is 1.65. The lowest BCUT2D eigenvalue weighted by atomic mass is 10.2. The van der Waals surface area contributed by atoms with Crippen LogP contribution >= 0.6 is 0 Å². The molecule has 5 nitrogen and oxygen atoms in total. The second-order valence-corrected chi connectivity index (χ2v) is 4.62. The lowest BCUT2D eigenvalue weighted by molar-refractivity contribution is -0.122. The monoisotopic (exact) mass is 296 g/mol. The van der Waals surface area contributed by atoms with E-state index in [-0.39, 0.29) is 5.91 Å². The minimum atomic E-state index is -0.694. The van der Waals surface area contributed by atoms with Gasteiger partial charge >= 0.3 is 0 Å². The summed E-state index contributed by atoms with van der Waals surface area (Å²) in [5.41, 5.74) is 1.11. The molecule has 2 aromatic carbocycles. The van der Waals surface area contributed by atoms with E-state index in [9.17, 15) is 4.79 Å². The van der Waals surface area contributed by atoms with Crippen molar-refractivity contribution in [1.82, 2.24) is 0 Å². The zero-order valence-corrected chi connectivity index (χ0v) is 12.4. The number of hydrogen-bond acceptors (Lipinski definition) is 4. The molecule has 2 aromatic rings. The minimum absolute atomic E-state index is 0.282. The molecule has 0 aromatic heterocycles. The van der Waals surface area contributed by atoms with E-state index in [4.69, 9.17) is 14.7 Å². The average molecular weight is 296 g/mol. The van der Waals surface area contributed by atoms with Crippen molar-refractivity contribution in [2.75, 3.05) is 12.4 Å². The molecule has 0 aliphatic heterocycles. The Bertz CT molecular complexity index is 707. The maximum atomic E-state index is 12.1. The van der Waals surface area contributed by atoms with Crippen molar-refractivity contribution in [2.24, 2.45) is 0 Å². The van der Waals surface area contributed by atoms with Gasteiger partial charge in [0.2, 0.25) is 0 Å². The second-order valence-electron chi connectivity index (χ2n) is 4.62. The minimum Gasteiger partial charge on any atom is -0.497 e. The molecular formula is C17H16N2O3. The summed E-state index contributed by atoms with van der Waals surface area (Å²) in [6.07, 6.45) is -0.694. The third-order valence-electron chi connectivity index (χ3n) is 2.98. The summed E-state index contributed by atoms with van der Waals surface area (Å²) in [7, 11) is 1.56. The number of anilines is 1. The molecule has 0 unspecified atom stereocenters. The molecule has 0 aliphatic carbocycles. The van der Waals surface area contributed by atoms with E-state index in [1.54, 1.807) is 62.6 Å². The van der Waals surface area contributed by atoms with E-state index >= 15 is 0 Å². The summed E-state index contributed by atoms with van der Waals surface area (Å²) >= 11 is 0. The van der Waals surface area contributed by atoms with Crippen molar-refractivity contribution < 1.29 is 14.3 Å². The zero-order valence-electron chi connectivity index (χ0n) is 12.4. The Morgan fingerprint density at radius 2 is 1.91 bits per heavy atom. The van der Waals surface area contributed by atoms with Crippen molar-refractivity contribution in [3.05, 3.63) is 54.1 Å². The van der Waals surface area contributed by atoms with Crippen LogP contribution in [-0.2, 0) is 4.79 Å². The number of amides is 1. The number of nitriles is 1. The van der Waals surface area contributed by atoms with Crippen LogP contribution in [-0.4, -0.2) is 19.1 Å². The topological polar surface area (TPSA) is 71.3 Å². The number of nitrogens with one attached hydrogen (secondary N) is 1. The highest BCUT2D eigenvalue weighted by Crippen LogP contribution is 2.18. The summed E-state index contributed by atoms with van der Waals surface area (Å²) in [5.74, 6) is 0.857.